The van der Waals surface area contributed by atoms with Crippen LogP contribution in [0.25, 0.3) is 0 Å². The zero-order valence-electron chi connectivity index (χ0n) is 12.4. The number of carbonyl (C=O) groups excluding carboxylic acids is 1. The fourth-order valence-electron chi connectivity index (χ4n) is 1.72. The van der Waals surface area contributed by atoms with Gasteiger partial charge in [0.15, 0.2) is 4.34 Å². The van der Waals surface area contributed by atoms with Crippen LogP contribution in [-0.2, 0) is 4.79 Å². The van der Waals surface area contributed by atoms with Crippen LogP contribution >= 0.6 is 34.7 Å². The van der Waals surface area contributed by atoms with Gasteiger partial charge in [0.25, 0.3) is 0 Å². The van der Waals surface area contributed by atoms with Crippen molar-refractivity contribution in [3.05, 3.63) is 34.3 Å². The number of thiazole rings is 1. The van der Waals surface area contributed by atoms with E-state index < -0.39 is 0 Å². The van der Waals surface area contributed by atoms with Gasteiger partial charge in [0.05, 0.1) is 5.02 Å². The van der Waals surface area contributed by atoms with Gasteiger partial charge in [-0.25, -0.2) is 4.98 Å². The first-order chi connectivity index (χ1) is 10.4. The summed E-state index contributed by atoms with van der Waals surface area (Å²) in [7, 11) is 0. The van der Waals surface area contributed by atoms with Crippen LogP contribution in [-0.4, -0.2) is 16.9 Å². The van der Waals surface area contributed by atoms with Gasteiger partial charge in [0.1, 0.15) is 0 Å². The summed E-state index contributed by atoms with van der Waals surface area (Å²) >= 11 is 9.39. The Balaban J connectivity index is 1.98. The lowest BCUT2D eigenvalue weighted by atomic mass is 10.2. The SMILES string of the molecule is Cc1csc(Sc2ccc(NC(=O)CCC(C)N)cc2Cl)n1. The van der Waals surface area contributed by atoms with Crippen LogP contribution in [0, 0.1) is 6.92 Å². The minimum atomic E-state index is -0.0516. The molecule has 118 valence electrons. The number of nitrogens with one attached hydrogen (secondary N) is 1. The van der Waals surface area contributed by atoms with Gasteiger partial charge in [-0.15, -0.1) is 11.3 Å². The van der Waals surface area contributed by atoms with E-state index in [1.165, 1.54) is 11.8 Å². The van der Waals surface area contributed by atoms with Crippen LogP contribution in [0.2, 0.25) is 5.02 Å². The van der Waals surface area contributed by atoms with Gasteiger partial charge in [-0.1, -0.05) is 23.4 Å². The molecule has 0 bridgehead atoms. The second-order valence-corrected chi connectivity index (χ2v) is 7.62. The molecular weight excluding hydrogens is 338 g/mol. The predicted octanol–water partition coefficient (Wildman–Crippen LogP) is 4.32. The van der Waals surface area contributed by atoms with E-state index in [0.29, 0.717) is 23.6 Å². The Morgan fingerprint density at radius 2 is 2.32 bits per heavy atom. The molecule has 2 rings (SSSR count). The van der Waals surface area contributed by atoms with E-state index in [2.05, 4.69) is 10.3 Å². The number of halogens is 1. The Kier molecular flexibility index (Phi) is 6.26. The first kappa shape index (κ1) is 17.3. The van der Waals surface area contributed by atoms with Crippen LogP contribution in [0.1, 0.15) is 25.5 Å². The summed E-state index contributed by atoms with van der Waals surface area (Å²) in [5.74, 6) is -0.0516. The molecule has 0 saturated carbocycles. The quantitative estimate of drug-likeness (QED) is 0.809. The molecule has 0 aliphatic rings. The van der Waals surface area contributed by atoms with Crippen molar-refractivity contribution in [2.24, 2.45) is 5.73 Å². The number of aromatic nitrogens is 1. The van der Waals surface area contributed by atoms with Gasteiger partial charge >= 0.3 is 0 Å². The molecule has 22 heavy (non-hydrogen) atoms. The molecule has 4 nitrogen and oxygen atoms in total. The van der Waals surface area contributed by atoms with Crippen LogP contribution in [0.15, 0.2) is 32.8 Å². The van der Waals surface area contributed by atoms with Crippen LogP contribution in [0.5, 0.6) is 0 Å². The van der Waals surface area contributed by atoms with E-state index in [-0.39, 0.29) is 11.9 Å². The van der Waals surface area contributed by atoms with Gasteiger partial charge in [-0.3, -0.25) is 4.79 Å². The Labute approximate surface area is 143 Å². The summed E-state index contributed by atoms with van der Waals surface area (Å²) in [6, 6.07) is 5.52. The normalized spacial score (nSPS) is 12.2. The number of carbonyl (C=O) groups is 1. The maximum atomic E-state index is 11.8. The second kappa shape index (κ2) is 7.97. The molecule has 7 heteroatoms. The third kappa shape index (κ3) is 5.28. The molecule has 0 aliphatic heterocycles. The molecule has 0 saturated heterocycles. The van der Waals surface area contributed by atoms with E-state index in [1.807, 2.05) is 31.4 Å². The summed E-state index contributed by atoms with van der Waals surface area (Å²) in [4.78, 5) is 17.1. The second-order valence-electron chi connectivity index (χ2n) is 5.07. The molecule has 1 aromatic heterocycles. The predicted molar refractivity (Wildman–Crippen MR) is 93.9 cm³/mol. The number of amides is 1. The molecule has 0 fully saturated rings. The van der Waals surface area contributed by atoms with Crippen molar-refractivity contribution in [2.45, 2.75) is 42.0 Å². The highest BCUT2D eigenvalue weighted by molar-refractivity contribution is 8.01. The average Bonchev–Trinajstić information content (AvgIpc) is 2.85. The van der Waals surface area contributed by atoms with Crippen molar-refractivity contribution in [2.75, 3.05) is 5.32 Å². The highest BCUT2D eigenvalue weighted by Crippen LogP contribution is 2.36. The van der Waals surface area contributed by atoms with Gasteiger partial charge in [-0.05, 0) is 38.5 Å². The van der Waals surface area contributed by atoms with Gasteiger partial charge in [0.2, 0.25) is 5.91 Å². The van der Waals surface area contributed by atoms with Crippen molar-refractivity contribution in [1.29, 1.82) is 0 Å². The summed E-state index contributed by atoms with van der Waals surface area (Å²) in [5.41, 5.74) is 7.34. The monoisotopic (exact) mass is 355 g/mol. The van der Waals surface area contributed by atoms with E-state index in [0.717, 1.165) is 14.9 Å². The summed E-state index contributed by atoms with van der Waals surface area (Å²) in [5, 5.41) is 5.44. The Morgan fingerprint density at radius 3 is 2.91 bits per heavy atom. The summed E-state index contributed by atoms with van der Waals surface area (Å²) in [6.45, 7) is 3.85. The number of hydrogen-bond acceptors (Lipinski definition) is 5. The van der Waals surface area contributed by atoms with Crippen molar-refractivity contribution in [3.8, 4) is 0 Å². The number of aryl methyl sites for hydroxylation is 1. The van der Waals surface area contributed by atoms with Gasteiger partial charge < -0.3 is 11.1 Å². The van der Waals surface area contributed by atoms with Crippen molar-refractivity contribution in [1.82, 2.24) is 4.98 Å². The number of hydrogen-bond donors (Lipinski definition) is 2. The van der Waals surface area contributed by atoms with E-state index in [1.54, 1.807) is 17.4 Å². The van der Waals surface area contributed by atoms with Crippen molar-refractivity contribution >= 4 is 46.3 Å². The standard InChI is InChI=1S/C15H18ClN3OS2/c1-9(17)3-6-14(20)19-11-4-5-13(12(16)7-11)22-15-18-10(2)8-21-15/h4-5,7-9H,3,6,17H2,1-2H3,(H,19,20). The number of rotatable bonds is 6. The van der Waals surface area contributed by atoms with E-state index >= 15 is 0 Å². The lowest BCUT2D eigenvalue weighted by Crippen LogP contribution is -2.19. The zero-order valence-corrected chi connectivity index (χ0v) is 14.8. The number of anilines is 1. The largest absolute Gasteiger partial charge is 0.328 e. The molecule has 0 spiro atoms. The van der Waals surface area contributed by atoms with Crippen LogP contribution in [0.3, 0.4) is 0 Å². The highest BCUT2D eigenvalue weighted by atomic mass is 35.5. The number of benzene rings is 1. The summed E-state index contributed by atoms with van der Waals surface area (Å²) < 4.78 is 0.952. The van der Waals surface area contributed by atoms with Gasteiger partial charge in [0, 0.05) is 34.1 Å². The number of nitrogens with two attached hydrogens (primary N) is 1. The average molecular weight is 356 g/mol. The lowest BCUT2D eigenvalue weighted by molar-refractivity contribution is -0.116. The molecule has 1 amide bonds. The third-order valence-corrected chi connectivity index (χ3v) is 5.39. The van der Waals surface area contributed by atoms with Crippen LogP contribution in [0.4, 0.5) is 5.69 Å². The van der Waals surface area contributed by atoms with E-state index in [4.69, 9.17) is 17.3 Å². The molecule has 2 aromatic rings. The van der Waals surface area contributed by atoms with Crippen molar-refractivity contribution < 1.29 is 4.79 Å². The minimum Gasteiger partial charge on any atom is -0.328 e. The Hall–Kier alpha value is -1.08. The molecule has 1 unspecified atom stereocenters. The Morgan fingerprint density at radius 1 is 1.55 bits per heavy atom. The maximum Gasteiger partial charge on any atom is 0.224 e. The smallest absolute Gasteiger partial charge is 0.224 e. The molecule has 3 N–H and O–H groups in total. The molecule has 0 aliphatic carbocycles. The molecule has 1 heterocycles. The molecule has 1 aromatic carbocycles. The van der Waals surface area contributed by atoms with Crippen molar-refractivity contribution in [3.63, 3.8) is 0 Å². The third-order valence-electron chi connectivity index (χ3n) is 2.84. The summed E-state index contributed by atoms with van der Waals surface area (Å²) in [6.07, 6.45) is 1.07. The number of nitrogens with zero attached hydrogens (tertiary/aromatic N) is 1. The maximum absolute atomic E-state index is 11.8. The Bertz CT molecular complexity index is 658. The zero-order chi connectivity index (χ0) is 16.1. The molecule has 1 atom stereocenters. The molecule has 0 radical (unpaired) electrons. The fraction of sp³-hybridized carbons (Fsp3) is 0.333. The van der Waals surface area contributed by atoms with Crippen LogP contribution < -0.4 is 11.1 Å². The highest BCUT2D eigenvalue weighted by Gasteiger charge is 2.09. The lowest BCUT2D eigenvalue weighted by Gasteiger charge is -2.09. The minimum absolute atomic E-state index is 0.0230. The van der Waals surface area contributed by atoms with Gasteiger partial charge in [-0.2, -0.15) is 0 Å². The first-order valence-electron chi connectivity index (χ1n) is 6.89. The fourth-order valence-corrected chi connectivity index (χ4v) is 3.81. The van der Waals surface area contributed by atoms with E-state index in [9.17, 15) is 4.79 Å². The first-order valence-corrected chi connectivity index (χ1v) is 8.96. The topological polar surface area (TPSA) is 68.0 Å². The molecular formula is C15H18ClN3OS2.